The van der Waals surface area contributed by atoms with E-state index in [4.69, 9.17) is 20.0 Å². The van der Waals surface area contributed by atoms with Crippen LogP contribution in [0.4, 0.5) is 31.1 Å². The third kappa shape index (κ3) is 7.47. The number of halogens is 6. The van der Waals surface area contributed by atoms with Crippen LogP contribution in [0, 0.1) is 11.3 Å². The molecule has 2 heterocycles. The quantitative estimate of drug-likeness (QED) is 0.157. The van der Waals surface area contributed by atoms with Gasteiger partial charge in [0.25, 0.3) is 0 Å². The monoisotopic (exact) mass is 602 g/mol. The number of aromatic nitrogens is 1. The van der Waals surface area contributed by atoms with Gasteiger partial charge in [-0.3, -0.25) is 15.6 Å². The van der Waals surface area contributed by atoms with Crippen molar-refractivity contribution in [1.82, 2.24) is 15.2 Å². The van der Waals surface area contributed by atoms with Crippen molar-refractivity contribution in [2.45, 2.75) is 31.9 Å². The third-order valence-electron chi connectivity index (χ3n) is 6.39. The lowest BCUT2D eigenvalue weighted by Gasteiger charge is -2.17. The minimum Gasteiger partial charge on any atom is -0.496 e. The highest BCUT2D eigenvalue weighted by Gasteiger charge is 2.43. The first kappa shape index (κ1) is 30.1. The van der Waals surface area contributed by atoms with Crippen LogP contribution >= 0.6 is 11.3 Å². The summed E-state index contributed by atoms with van der Waals surface area (Å²) in [6.45, 7) is 0.0682. The van der Waals surface area contributed by atoms with Gasteiger partial charge in [0.1, 0.15) is 28.9 Å². The van der Waals surface area contributed by atoms with Crippen molar-refractivity contribution in [3.8, 4) is 22.1 Å². The number of hydrogen-bond donors (Lipinski definition) is 3. The molecule has 1 atom stereocenters. The highest BCUT2D eigenvalue weighted by molar-refractivity contribution is 7.15. The van der Waals surface area contributed by atoms with E-state index in [0.717, 1.165) is 23.5 Å². The van der Waals surface area contributed by atoms with Gasteiger partial charge < -0.3 is 14.6 Å². The largest absolute Gasteiger partial charge is 0.496 e. The molecular weight excluding hydrogens is 578 g/mol. The maximum Gasteiger partial charge on any atom is 0.416 e. The maximum absolute atomic E-state index is 13.2. The molecule has 0 spiro atoms. The van der Waals surface area contributed by atoms with Gasteiger partial charge in [-0.25, -0.2) is 9.78 Å². The summed E-state index contributed by atoms with van der Waals surface area (Å²) in [5.74, 6) is -1.40. The number of hydrogen-bond acceptors (Lipinski definition) is 7. The van der Waals surface area contributed by atoms with Crippen molar-refractivity contribution in [3.63, 3.8) is 0 Å². The van der Waals surface area contributed by atoms with E-state index in [1.54, 1.807) is 4.90 Å². The number of likely N-dealkylation sites (tertiary alicyclic amines) is 1. The SMILES string of the molecule is COc1cc(OCc2sc(-c3ccc(C(F)(F)F)cc3)nc2CN2CCC(C(F)(F)F)C2)ccc1C(=N)NC(=O)O. The van der Waals surface area contributed by atoms with Crippen LogP contribution in [0.15, 0.2) is 42.5 Å². The lowest BCUT2D eigenvalue weighted by Crippen LogP contribution is -2.29. The molecule has 0 bridgehead atoms. The Labute approximate surface area is 234 Å². The van der Waals surface area contributed by atoms with Crippen molar-refractivity contribution in [2.75, 3.05) is 20.2 Å². The van der Waals surface area contributed by atoms with Crippen LogP contribution in [0.3, 0.4) is 0 Å². The Morgan fingerprint density at radius 1 is 1.17 bits per heavy atom. The number of nitrogens with zero attached hydrogens (tertiary/aromatic N) is 2. The normalized spacial score (nSPS) is 16.0. The van der Waals surface area contributed by atoms with Crippen LogP contribution in [0.25, 0.3) is 10.6 Å². The Morgan fingerprint density at radius 3 is 2.46 bits per heavy atom. The van der Waals surface area contributed by atoms with Crippen molar-refractivity contribution in [3.05, 3.63) is 64.2 Å². The number of benzene rings is 2. The molecule has 8 nitrogen and oxygen atoms in total. The van der Waals surface area contributed by atoms with Gasteiger partial charge in [0, 0.05) is 24.7 Å². The molecule has 0 aliphatic carbocycles. The summed E-state index contributed by atoms with van der Waals surface area (Å²) in [5.41, 5.74) is 0.212. The molecule has 3 aromatic rings. The maximum atomic E-state index is 13.2. The highest BCUT2D eigenvalue weighted by atomic mass is 32.1. The molecule has 220 valence electrons. The molecule has 1 amide bonds. The zero-order valence-electron chi connectivity index (χ0n) is 21.4. The molecule has 41 heavy (non-hydrogen) atoms. The lowest BCUT2D eigenvalue weighted by atomic mass is 10.1. The van der Waals surface area contributed by atoms with Crippen LogP contribution in [0.2, 0.25) is 0 Å². The summed E-state index contributed by atoms with van der Waals surface area (Å²) in [4.78, 5) is 17.6. The summed E-state index contributed by atoms with van der Waals surface area (Å²) in [5, 5.41) is 19.1. The molecule has 4 rings (SSSR count). The number of alkyl halides is 6. The number of methoxy groups -OCH3 is 1. The molecule has 3 N–H and O–H groups in total. The molecule has 2 aromatic carbocycles. The van der Waals surface area contributed by atoms with Gasteiger partial charge in [0.05, 0.1) is 34.7 Å². The molecule has 1 aliphatic heterocycles. The highest BCUT2D eigenvalue weighted by Crippen LogP contribution is 2.37. The van der Waals surface area contributed by atoms with Crippen LogP contribution in [0.5, 0.6) is 11.5 Å². The van der Waals surface area contributed by atoms with Gasteiger partial charge in [0.15, 0.2) is 0 Å². The van der Waals surface area contributed by atoms with Gasteiger partial charge in [-0.2, -0.15) is 26.3 Å². The zero-order chi connectivity index (χ0) is 29.9. The molecule has 1 unspecified atom stereocenters. The van der Waals surface area contributed by atoms with E-state index in [1.165, 1.54) is 37.4 Å². The predicted molar refractivity (Wildman–Crippen MR) is 137 cm³/mol. The minimum atomic E-state index is -4.50. The molecule has 0 saturated carbocycles. The number of nitrogens with one attached hydrogen (secondary N) is 2. The molecule has 1 fully saturated rings. The summed E-state index contributed by atoms with van der Waals surface area (Å²) in [7, 11) is 1.33. The molecule has 1 aliphatic rings. The number of carbonyl (C=O) groups is 1. The number of amides is 1. The number of amidine groups is 1. The number of thiazole rings is 1. The van der Waals surface area contributed by atoms with E-state index < -0.39 is 35.8 Å². The fraction of sp³-hybridized carbons (Fsp3) is 0.346. The van der Waals surface area contributed by atoms with Gasteiger partial charge in [-0.1, -0.05) is 12.1 Å². The molecular formula is C26H24F6N4O4S. The van der Waals surface area contributed by atoms with Crippen LogP contribution in [-0.4, -0.2) is 53.3 Å². The average molecular weight is 603 g/mol. The van der Waals surface area contributed by atoms with Gasteiger partial charge in [-0.05, 0) is 37.2 Å². The fourth-order valence-corrected chi connectivity index (χ4v) is 5.28. The van der Waals surface area contributed by atoms with E-state index >= 15 is 0 Å². The third-order valence-corrected chi connectivity index (χ3v) is 7.51. The second kappa shape index (κ2) is 11.9. The Hall–Kier alpha value is -3.85. The van der Waals surface area contributed by atoms with Gasteiger partial charge in [0.2, 0.25) is 0 Å². The molecule has 1 saturated heterocycles. The van der Waals surface area contributed by atoms with Crippen molar-refractivity contribution in [2.24, 2.45) is 5.92 Å². The molecule has 1 aromatic heterocycles. The van der Waals surface area contributed by atoms with Crippen molar-refractivity contribution >= 4 is 23.3 Å². The van der Waals surface area contributed by atoms with Crippen molar-refractivity contribution < 1.29 is 45.7 Å². The first-order valence-corrected chi connectivity index (χ1v) is 12.9. The first-order valence-electron chi connectivity index (χ1n) is 12.1. The summed E-state index contributed by atoms with van der Waals surface area (Å²) < 4.78 is 89.8. The smallest absolute Gasteiger partial charge is 0.416 e. The Bertz CT molecular complexity index is 1410. The molecule has 15 heteroatoms. The van der Waals surface area contributed by atoms with E-state index in [2.05, 4.69) is 4.98 Å². The van der Waals surface area contributed by atoms with Crippen LogP contribution in [0.1, 0.15) is 28.1 Å². The topological polar surface area (TPSA) is 108 Å². The lowest BCUT2D eigenvalue weighted by molar-refractivity contribution is -0.170. The second-order valence-corrected chi connectivity index (χ2v) is 10.3. The van der Waals surface area contributed by atoms with Gasteiger partial charge >= 0.3 is 18.4 Å². The summed E-state index contributed by atoms with van der Waals surface area (Å²) in [6.07, 6.45) is -10.3. The zero-order valence-corrected chi connectivity index (χ0v) is 22.2. The summed E-state index contributed by atoms with van der Waals surface area (Å²) >= 11 is 1.15. The Kier molecular flexibility index (Phi) is 8.77. The standard InChI is InChI=1S/C26H24F6N4O4S/c1-39-20-10-17(6-7-18(20)22(33)35-24(37)38)40-13-21-19(12-36-9-8-16(11-36)26(30,31)32)34-23(41-21)14-2-4-15(5-3-14)25(27,28)29/h2-7,10,16H,8-9,11-13H2,1H3,(H2,33,35)(H,37,38). The van der Waals surface area contributed by atoms with E-state index in [1.807, 2.05) is 5.32 Å². The number of ether oxygens (including phenoxy) is 2. The first-order chi connectivity index (χ1) is 19.2. The van der Waals surface area contributed by atoms with E-state index in [0.29, 0.717) is 26.9 Å². The van der Waals surface area contributed by atoms with E-state index in [-0.39, 0.29) is 44.0 Å². The van der Waals surface area contributed by atoms with Crippen LogP contribution < -0.4 is 14.8 Å². The number of rotatable bonds is 8. The van der Waals surface area contributed by atoms with E-state index in [9.17, 15) is 31.1 Å². The number of carboxylic acid groups (broad SMARTS) is 1. The molecule has 0 radical (unpaired) electrons. The Morgan fingerprint density at radius 2 is 1.88 bits per heavy atom. The second-order valence-electron chi connectivity index (χ2n) is 9.18. The Balaban J connectivity index is 1.57. The average Bonchev–Trinajstić information content (AvgIpc) is 3.54. The fourth-order valence-electron chi connectivity index (χ4n) is 4.29. The van der Waals surface area contributed by atoms with Crippen molar-refractivity contribution in [1.29, 1.82) is 5.41 Å². The predicted octanol–water partition coefficient (Wildman–Crippen LogP) is 6.39. The van der Waals surface area contributed by atoms with Gasteiger partial charge in [-0.15, -0.1) is 11.3 Å². The minimum absolute atomic E-state index is 0.0386. The summed E-state index contributed by atoms with van der Waals surface area (Å²) in [6, 6.07) is 8.80. The van der Waals surface area contributed by atoms with Crippen LogP contribution in [-0.2, 0) is 19.3 Å².